The van der Waals surface area contributed by atoms with Crippen molar-refractivity contribution in [1.29, 1.82) is 5.26 Å². The summed E-state index contributed by atoms with van der Waals surface area (Å²) < 4.78 is 10.9. The van der Waals surface area contributed by atoms with Gasteiger partial charge in [0.2, 0.25) is 0 Å². The first-order valence-corrected chi connectivity index (χ1v) is 7.62. The van der Waals surface area contributed by atoms with E-state index in [1.807, 2.05) is 6.07 Å². The highest BCUT2D eigenvalue weighted by atomic mass is 35.5. The molecule has 0 spiro atoms. The Labute approximate surface area is 144 Å². The molecule has 0 aliphatic carbocycles. The van der Waals surface area contributed by atoms with Crippen molar-refractivity contribution in [2.24, 2.45) is 0 Å². The van der Waals surface area contributed by atoms with Crippen molar-refractivity contribution >= 4 is 29.3 Å². The molecule has 2 aromatic carbocycles. The highest BCUT2D eigenvalue weighted by Gasteiger charge is 2.14. The highest BCUT2D eigenvalue weighted by molar-refractivity contribution is 6.30. The second-order valence-electron chi connectivity index (χ2n) is 5.03. The third-order valence-corrected chi connectivity index (χ3v) is 3.60. The van der Waals surface area contributed by atoms with Crippen LogP contribution in [0.2, 0.25) is 5.02 Å². The van der Waals surface area contributed by atoms with E-state index in [2.05, 4.69) is 5.32 Å². The van der Waals surface area contributed by atoms with Crippen LogP contribution in [0.15, 0.2) is 48.0 Å². The Morgan fingerprint density at radius 1 is 1.12 bits per heavy atom. The first kappa shape index (κ1) is 15.9. The van der Waals surface area contributed by atoms with Gasteiger partial charge in [-0.2, -0.15) is 5.26 Å². The predicted octanol–water partition coefficient (Wildman–Crippen LogP) is 3.66. The van der Waals surface area contributed by atoms with Crippen LogP contribution in [0.1, 0.15) is 5.56 Å². The Morgan fingerprint density at radius 3 is 2.54 bits per heavy atom. The van der Waals surface area contributed by atoms with Crippen molar-refractivity contribution in [3.05, 3.63) is 58.6 Å². The molecule has 3 rings (SSSR count). The first-order chi connectivity index (χ1) is 11.7. The average molecular weight is 341 g/mol. The van der Waals surface area contributed by atoms with Crippen LogP contribution in [0.3, 0.4) is 0 Å². The van der Waals surface area contributed by atoms with Gasteiger partial charge in [0.1, 0.15) is 24.9 Å². The van der Waals surface area contributed by atoms with Crippen molar-refractivity contribution in [2.75, 3.05) is 18.5 Å². The van der Waals surface area contributed by atoms with Crippen LogP contribution < -0.4 is 14.8 Å². The van der Waals surface area contributed by atoms with Gasteiger partial charge in [-0.1, -0.05) is 23.7 Å². The molecule has 0 aromatic heterocycles. The smallest absolute Gasteiger partial charge is 0.266 e. The Bertz CT molecular complexity index is 838. The van der Waals surface area contributed by atoms with Gasteiger partial charge in [0.15, 0.2) is 11.5 Å². The van der Waals surface area contributed by atoms with E-state index in [0.29, 0.717) is 41.0 Å². The number of carbonyl (C=O) groups is 1. The van der Waals surface area contributed by atoms with Gasteiger partial charge in [-0.25, -0.2) is 0 Å². The number of ether oxygens (including phenoxy) is 2. The number of nitriles is 1. The zero-order valence-corrected chi connectivity index (χ0v) is 13.3. The Kier molecular flexibility index (Phi) is 4.69. The molecule has 2 aromatic rings. The lowest BCUT2D eigenvalue weighted by Gasteiger charge is -2.18. The summed E-state index contributed by atoms with van der Waals surface area (Å²) >= 11 is 5.82. The number of nitrogens with zero attached hydrogens (tertiary/aromatic N) is 1. The minimum absolute atomic E-state index is 0.00721. The third-order valence-electron chi connectivity index (χ3n) is 3.35. The molecule has 0 unspecified atom stereocenters. The van der Waals surface area contributed by atoms with E-state index in [-0.39, 0.29) is 5.57 Å². The van der Waals surface area contributed by atoms with E-state index in [1.165, 1.54) is 6.08 Å². The molecule has 1 aliphatic rings. The number of anilines is 1. The summed E-state index contributed by atoms with van der Waals surface area (Å²) in [5, 5.41) is 12.5. The zero-order chi connectivity index (χ0) is 16.9. The second-order valence-corrected chi connectivity index (χ2v) is 5.47. The van der Waals surface area contributed by atoms with Gasteiger partial charge in [-0.15, -0.1) is 0 Å². The predicted molar refractivity (Wildman–Crippen MR) is 91.1 cm³/mol. The fourth-order valence-electron chi connectivity index (χ4n) is 2.19. The van der Waals surface area contributed by atoms with Crippen molar-refractivity contribution in [1.82, 2.24) is 0 Å². The lowest BCUT2D eigenvalue weighted by molar-refractivity contribution is -0.112. The molecular formula is C18H13ClN2O3. The highest BCUT2D eigenvalue weighted by Crippen LogP contribution is 2.32. The molecule has 24 heavy (non-hydrogen) atoms. The van der Waals surface area contributed by atoms with E-state index in [0.717, 1.165) is 0 Å². The lowest BCUT2D eigenvalue weighted by atomic mass is 10.1. The van der Waals surface area contributed by atoms with E-state index < -0.39 is 5.91 Å². The number of hydrogen-bond donors (Lipinski definition) is 1. The van der Waals surface area contributed by atoms with Crippen LogP contribution in [-0.2, 0) is 4.79 Å². The summed E-state index contributed by atoms with van der Waals surface area (Å²) in [5.41, 5.74) is 1.24. The molecule has 6 heteroatoms. The van der Waals surface area contributed by atoms with Crippen molar-refractivity contribution in [2.45, 2.75) is 0 Å². The fraction of sp³-hybridized carbons (Fsp3) is 0.111. The summed E-state index contributed by atoms with van der Waals surface area (Å²) in [4.78, 5) is 12.3. The summed E-state index contributed by atoms with van der Waals surface area (Å²) in [7, 11) is 0. The minimum atomic E-state index is -0.496. The fourth-order valence-corrected chi connectivity index (χ4v) is 2.32. The normalized spacial score (nSPS) is 13.1. The largest absolute Gasteiger partial charge is 0.486 e. The number of hydrogen-bond acceptors (Lipinski definition) is 4. The first-order valence-electron chi connectivity index (χ1n) is 7.24. The standard InChI is InChI=1S/C18H13ClN2O3/c19-14-3-1-12(2-4-14)9-13(11-20)18(22)21-15-5-6-16-17(10-15)24-8-7-23-16/h1-6,9-10H,7-8H2,(H,21,22)/b13-9-. The molecule has 1 N–H and O–H groups in total. The number of benzene rings is 2. The van der Waals surface area contributed by atoms with Gasteiger partial charge in [-0.05, 0) is 35.9 Å². The van der Waals surface area contributed by atoms with Gasteiger partial charge in [0.05, 0.1) is 0 Å². The van der Waals surface area contributed by atoms with Crippen molar-refractivity contribution in [3.8, 4) is 17.6 Å². The van der Waals surface area contributed by atoms with Crippen LogP contribution in [0.4, 0.5) is 5.69 Å². The van der Waals surface area contributed by atoms with Crippen LogP contribution in [0.25, 0.3) is 6.08 Å². The summed E-state index contributed by atoms with van der Waals surface area (Å²) in [6, 6.07) is 13.9. The zero-order valence-electron chi connectivity index (χ0n) is 12.6. The van der Waals surface area contributed by atoms with E-state index in [4.69, 9.17) is 21.1 Å². The lowest BCUT2D eigenvalue weighted by Crippen LogP contribution is -2.17. The average Bonchev–Trinajstić information content (AvgIpc) is 2.61. The molecule has 0 saturated heterocycles. The third kappa shape index (κ3) is 3.67. The van der Waals surface area contributed by atoms with Crippen LogP contribution in [0, 0.1) is 11.3 Å². The maximum absolute atomic E-state index is 12.3. The molecule has 1 amide bonds. The number of halogens is 1. The van der Waals surface area contributed by atoms with Crippen LogP contribution >= 0.6 is 11.6 Å². The second kappa shape index (κ2) is 7.07. The summed E-state index contributed by atoms with van der Waals surface area (Å²) in [6.45, 7) is 0.964. The summed E-state index contributed by atoms with van der Waals surface area (Å²) in [6.07, 6.45) is 1.50. The minimum Gasteiger partial charge on any atom is -0.486 e. The molecule has 0 saturated carbocycles. The maximum Gasteiger partial charge on any atom is 0.266 e. The van der Waals surface area contributed by atoms with Gasteiger partial charge in [0, 0.05) is 16.8 Å². The molecule has 5 nitrogen and oxygen atoms in total. The van der Waals surface area contributed by atoms with Crippen molar-refractivity contribution < 1.29 is 14.3 Å². The number of amides is 1. The molecule has 120 valence electrons. The van der Waals surface area contributed by atoms with Gasteiger partial charge < -0.3 is 14.8 Å². The van der Waals surface area contributed by atoms with Gasteiger partial charge in [0.25, 0.3) is 5.91 Å². The summed E-state index contributed by atoms with van der Waals surface area (Å²) in [5.74, 6) is 0.708. The molecule has 0 atom stereocenters. The molecule has 0 radical (unpaired) electrons. The quantitative estimate of drug-likeness (QED) is 0.683. The maximum atomic E-state index is 12.3. The van der Waals surface area contributed by atoms with E-state index in [1.54, 1.807) is 42.5 Å². The van der Waals surface area contributed by atoms with Crippen molar-refractivity contribution in [3.63, 3.8) is 0 Å². The Morgan fingerprint density at radius 2 is 1.83 bits per heavy atom. The number of rotatable bonds is 3. The monoisotopic (exact) mass is 340 g/mol. The Hall–Kier alpha value is -2.97. The topological polar surface area (TPSA) is 71.4 Å². The molecule has 0 fully saturated rings. The Balaban J connectivity index is 1.77. The number of nitrogens with one attached hydrogen (secondary N) is 1. The van der Waals surface area contributed by atoms with Crippen LogP contribution in [0.5, 0.6) is 11.5 Å². The van der Waals surface area contributed by atoms with E-state index >= 15 is 0 Å². The van der Waals surface area contributed by atoms with E-state index in [9.17, 15) is 10.1 Å². The molecule has 0 bridgehead atoms. The van der Waals surface area contributed by atoms with Crippen LogP contribution in [-0.4, -0.2) is 19.1 Å². The van der Waals surface area contributed by atoms with Gasteiger partial charge >= 0.3 is 0 Å². The molecule has 1 heterocycles. The number of fused-ring (bicyclic) bond motifs is 1. The SMILES string of the molecule is N#C/C(=C/c1ccc(Cl)cc1)C(=O)Nc1ccc2c(c1)OCCO2. The molecule has 1 aliphatic heterocycles. The number of carbonyl (C=O) groups excluding carboxylic acids is 1. The van der Waals surface area contributed by atoms with Gasteiger partial charge in [-0.3, -0.25) is 4.79 Å². The molecular weight excluding hydrogens is 328 g/mol.